The molecule has 1 aliphatic heterocycles. The Hall–Kier alpha value is -1.93. The Kier molecular flexibility index (Phi) is 3.35. The van der Waals surface area contributed by atoms with Gasteiger partial charge in [-0.25, -0.2) is 9.79 Å². The first-order chi connectivity index (χ1) is 8.19. The van der Waals surface area contributed by atoms with E-state index in [4.69, 9.17) is 0 Å². The van der Waals surface area contributed by atoms with Crippen molar-refractivity contribution in [2.75, 3.05) is 6.54 Å². The standard InChI is InChI=1S/C13H14N2O2/c1-10-2-4-11(5-3-10)7-15-8-12(14-9-16)6-13(15)17/h2-5,12H,6-8H2,1H3. The monoisotopic (exact) mass is 230 g/mol. The number of hydrogen-bond acceptors (Lipinski definition) is 3. The normalized spacial score (nSPS) is 19.2. The van der Waals surface area contributed by atoms with Crippen LogP contribution in [-0.4, -0.2) is 29.5 Å². The summed E-state index contributed by atoms with van der Waals surface area (Å²) in [5.74, 6) is 0.0505. The summed E-state index contributed by atoms with van der Waals surface area (Å²) >= 11 is 0. The molecule has 4 nitrogen and oxygen atoms in total. The summed E-state index contributed by atoms with van der Waals surface area (Å²) in [5, 5.41) is 0. The highest BCUT2D eigenvalue weighted by atomic mass is 16.2. The van der Waals surface area contributed by atoms with Gasteiger partial charge in [0.05, 0.1) is 12.5 Å². The number of likely N-dealkylation sites (tertiary alicyclic amines) is 1. The summed E-state index contributed by atoms with van der Waals surface area (Å²) in [6, 6.07) is 7.86. The Labute approximate surface area is 100.0 Å². The molecule has 0 aromatic heterocycles. The molecule has 0 radical (unpaired) electrons. The Bertz CT molecular complexity index is 461. The molecule has 2 rings (SSSR count). The fraction of sp³-hybridized carbons (Fsp3) is 0.385. The molecule has 1 atom stereocenters. The van der Waals surface area contributed by atoms with Gasteiger partial charge in [0.2, 0.25) is 12.0 Å². The van der Waals surface area contributed by atoms with Gasteiger partial charge in [0.1, 0.15) is 0 Å². The number of amides is 1. The smallest absolute Gasteiger partial charge is 0.235 e. The molecule has 88 valence electrons. The maximum Gasteiger partial charge on any atom is 0.235 e. The maximum atomic E-state index is 11.7. The molecule has 1 heterocycles. The van der Waals surface area contributed by atoms with Crippen LogP contribution >= 0.6 is 0 Å². The second-order valence-corrected chi connectivity index (χ2v) is 4.34. The number of nitrogens with zero attached hydrogens (tertiary/aromatic N) is 2. The molecule has 17 heavy (non-hydrogen) atoms. The number of benzene rings is 1. The molecule has 0 bridgehead atoms. The molecule has 1 amide bonds. The van der Waals surface area contributed by atoms with E-state index in [-0.39, 0.29) is 11.9 Å². The van der Waals surface area contributed by atoms with Crippen molar-refractivity contribution in [1.29, 1.82) is 0 Å². The van der Waals surface area contributed by atoms with Crippen LogP contribution in [0, 0.1) is 6.92 Å². The van der Waals surface area contributed by atoms with E-state index < -0.39 is 0 Å². The lowest BCUT2D eigenvalue weighted by Gasteiger charge is -2.15. The minimum atomic E-state index is -0.217. The summed E-state index contributed by atoms with van der Waals surface area (Å²) in [6.07, 6.45) is 1.84. The average molecular weight is 230 g/mol. The Balaban J connectivity index is 2.02. The third-order valence-corrected chi connectivity index (χ3v) is 2.92. The lowest BCUT2D eigenvalue weighted by molar-refractivity contribution is -0.128. The van der Waals surface area contributed by atoms with E-state index in [0.717, 1.165) is 5.56 Å². The molecular formula is C13H14N2O2. The topological polar surface area (TPSA) is 49.7 Å². The number of rotatable bonds is 3. The summed E-state index contributed by atoms with van der Waals surface area (Å²) in [5.41, 5.74) is 2.30. The van der Waals surface area contributed by atoms with E-state index >= 15 is 0 Å². The highest BCUT2D eigenvalue weighted by Gasteiger charge is 2.29. The van der Waals surface area contributed by atoms with Crippen LogP contribution in [0.3, 0.4) is 0 Å². The molecule has 1 aromatic carbocycles. The van der Waals surface area contributed by atoms with Crippen molar-refractivity contribution in [2.45, 2.75) is 25.9 Å². The fourth-order valence-electron chi connectivity index (χ4n) is 1.98. The number of aliphatic imine (C=N–C) groups is 1. The number of isocyanates is 1. The maximum absolute atomic E-state index is 11.7. The molecule has 0 spiro atoms. The zero-order valence-corrected chi connectivity index (χ0v) is 9.72. The van der Waals surface area contributed by atoms with Gasteiger partial charge in [-0.15, -0.1) is 0 Å². The lowest BCUT2D eigenvalue weighted by atomic mass is 10.1. The zero-order valence-electron chi connectivity index (χ0n) is 9.72. The van der Waals surface area contributed by atoms with Crippen molar-refractivity contribution in [3.8, 4) is 0 Å². The van der Waals surface area contributed by atoms with Crippen molar-refractivity contribution < 1.29 is 9.59 Å². The molecule has 1 aliphatic rings. The van der Waals surface area contributed by atoms with Crippen LogP contribution in [0.25, 0.3) is 0 Å². The summed E-state index contributed by atoms with van der Waals surface area (Å²) < 4.78 is 0. The molecule has 1 saturated heterocycles. The highest BCUT2D eigenvalue weighted by Crippen LogP contribution is 2.17. The van der Waals surface area contributed by atoms with Gasteiger partial charge in [-0.2, -0.15) is 0 Å². The van der Waals surface area contributed by atoms with Crippen LogP contribution < -0.4 is 0 Å². The lowest BCUT2D eigenvalue weighted by Crippen LogP contribution is -2.24. The van der Waals surface area contributed by atoms with Crippen LogP contribution in [0.15, 0.2) is 29.3 Å². The van der Waals surface area contributed by atoms with Gasteiger partial charge >= 0.3 is 0 Å². The third kappa shape index (κ3) is 2.80. The van der Waals surface area contributed by atoms with Crippen molar-refractivity contribution in [1.82, 2.24) is 4.90 Å². The first-order valence-electron chi connectivity index (χ1n) is 5.59. The SMILES string of the molecule is Cc1ccc(CN2CC(N=C=O)CC2=O)cc1. The van der Waals surface area contributed by atoms with Gasteiger partial charge in [-0.1, -0.05) is 29.8 Å². The Morgan fingerprint density at radius 3 is 2.76 bits per heavy atom. The van der Waals surface area contributed by atoms with Crippen LogP contribution in [0.1, 0.15) is 17.5 Å². The minimum Gasteiger partial charge on any atom is -0.336 e. The molecule has 4 heteroatoms. The second-order valence-electron chi connectivity index (χ2n) is 4.34. The fourth-order valence-corrected chi connectivity index (χ4v) is 1.98. The summed E-state index contributed by atoms with van der Waals surface area (Å²) in [4.78, 5) is 27.2. The first kappa shape index (κ1) is 11.6. The van der Waals surface area contributed by atoms with Crippen molar-refractivity contribution in [3.63, 3.8) is 0 Å². The molecule has 0 saturated carbocycles. The van der Waals surface area contributed by atoms with Crippen molar-refractivity contribution >= 4 is 12.0 Å². The predicted octanol–water partition coefficient (Wildman–Crippen LogP) is 1.43. The molecule has 0 N–H and O–H groups in total. The van der Waals surface area contributed by atoms with E-state index in [1.165, 1.54) is 11.6 Å². The number of hydrogen-bond donors (Lipinski definition) is 0. The Morgan fingerprint density at radius 2 is 2.12 bits per heavy atom. The van der Waals surface area contributed by atoms with Gasteiger partial charge in [-0.3, -0.25) is 4.79 Å². The second kappa shape index (κ2) is 4.93. The molecule has 0 aliphatic carbocycles. The van der Waals surface area contributed by atoms with E-state index in [1.807, 2.05) is 31.2 Å². The van der Waals surface area contributed by atoms with Crippen LogP contribution in [0.5, 0.6) is 0 Å². The zero-order chi connectivity index (χ0) is 12.3. The third-order valence-electron chi connectivity index (χ3n) is 2.92. The van der Waals surface area contributed by atoms with Crippen molar-refractivity contribution in [2.24, 2.45) is 4.99 Å². The predicted molar refractivity (Wildman–Crippen MR) is 63.1 cm³/mol. The van der Waals surface area contributed by atoms with E-state index in [1.54, 1.807) is 4.90 Å². The van der Waals surface area contributed by atoms with E-state index in [9.17, 15) is 9.59 Å². The number of aryl methyl sites for hydroxylation is 1. The average Bonchev–Trinajstić information content (AvgIpc) is 2.63. The summed E-state index contributed by atoms with van der Waals surface area (Å²) in [6.45, 7) is 3.13. The van der Waals surface area contributed by atoms with Crippen LogP contribution in [0.2, 0.25) is 0 Å². The van der Waals surface area contributed by atoms with Gasteiger partial charge < -0.3 is 4.90 Å². The molecule has 1 aromatic rings. The number of carbonyl (C=O) groups is 1. The van der Waals surface area contributed by atoms with E-state index in [0.29, 0.717) is 19.5 Å². The van der Waals surface area contributed by atoms with Gasteiger partial charge in [0.25, 0.3) is 0 Å². The highest BCUT2D eigenvalue weighted by molar-refractivity contribution is 5.79. The van der Waals surface area contributed by atoms with E-state index in [2.05, 4.69) is 4.99 Å². The molecule has 1 fully saturated rings. The van der Waals surface area contributed by atoms with Crippen LogP contribution in [0.4, 0.5) is 0 Å². The molecular weight excluding hydrogens is 216 g/mol. The quantitative estimate of drug-likeness (QED) is 0.582. The number of carbonyl (C=O) groups excluding carboxylic acids is 2. The van der Waals surface area contributed by atoms with Crippen LogP contribution in [-0.2, 0) is 16.1 Å². The summed E-state index contributed by atoms with van der Waals surface area (Å²) in [7, 11) is 0. The van der Waals surface area contributed by atoms with Gasteiger partial charge in [-0.05, 0) is 12.5 Å². The minimum absolute atomic E-state index is 0.0505. The Morgan fingerprint density at radius 1 is 1.41 bits per heavy atom. The molecule has 1 unspecified atom stereocenters. The van der Waals surface area contributed by atoms with Crippen molar-refractivity contribution in [3.05, 3.63) is 35.4 Å². The van der Waals surface area contributed by atoms with Gasteiger partial charge in [0.15, 0.2) is 0 Å². The first-order valence-corrected chi connectivity index (χ1v) is 5.59. The van der Waals surface area contributed by atoms with Gasteiger partial charge in [0, 0.05) is 13.1 Å². The largest absolute Gasteiger partial charge is 0.336 e.